The lowest BCUT2D eigenvalue weighted by Crippen LogP contribution is -2.45. The Morgan fingerprint density at radius 1 is 1.31 bits per heavy atom. The Balaban J connectivity index is 0.00000420. The van der Waals surface area contributed by atoms with Crippen LogP contribution >= 0.6 is 24.0 Å². The van der Waals surface area contributed by atoms with Gasteiger partial charge in [0.15, 0.2) is 5.96 Å². The van der Waals surface area contributed by atoms with Crippen molar-refractivity contribution >= 4 is 35.8 Å². The van der Waals surface area contributed by atoms with Crippen LogP contribution in [0.15, 0.2) is 23.2 Å². The maximum Gasteiger partial charge on any atom is 0.225 e. The van der Waals surface area contributed by atoms with Gasteiger partial charge in [0.1, 0.15) is 5.75 Å². The molecule has 1 aromatic rings. The number of hydrogen-bond acceptors (Lipinski definition) is 3. The van der Waals surface area contributed by atoms with Crippen LogP contribution in [-0.4, -0.2) is 55.6 Å². The van der Waals surface area contributed by atoms with Crippen molar-refractivity contribution in [1.29, 1.82) is 0 Å². The summed E-state index contributed by atoms with van der Waals surface area (Å²) >= 11 is 0. The summed E-state index contributed by atoms with van der Waals surface area (Å²) in [6.45, 7) is 13.8. The van der Waals surface area contributed by atoms with E-state index in [1.807, 2.05) is 18.7 Å². The summed E-state index contributed by atoms with van der Waals surface area (Å²) in [6, 6.07) is 6.45. The number of aryl methyl sites for hydroxylation is 2. The lowest BCUT2D eigenvalue weighted by molar-refractivity contribution is -0.133. The number of ether oxygens (including phenoxy) is 1. The molecular formula is C22H37IN4O2. The lowest BCUT2D eigenvalue weighted by Gasteiger charge is -2.20. The molecule has 1 unspecified atom stereocenters. The van der Waals surface area contributed by atoms with Gasteiger partial charge in [-0.3, -0.25) is 9.79 Å². The van der Waals surface area contributed by atoms with Crippen molar-refractivity contribution in [2.75, 3.05) is 32.8 Å². The first-order chi connectivity index (χ1) is 13.4. The molecule has 1 atom stereocenters. The van der Waals surface area contributed by atoms with E-state index in [4.69, 9.17) is 4.74 Å². The van der Waals surface area contributed by atoms with Crippen molar-refractivity contribution < 1.29 is 9.53 Å². The third-order valence-electron chi connectivity index (χ3n) is 4.91. The third kappa shape index (κ3) is 8.03. The number of carbonyl (C=O) groups is 1. The largest absolute Gasteiger partial charge is 0.493 e. The second-order valence-corrected chi connectivity index (χ2v) is 7.75. The number of para-hydroxylation sites is 1. The zero-order valence-corrected chi connectivity index (χ0v) is 20.8. The molecule has 1 amide bonds. The zero-order chi connectivity index (χ0) is 20.5. The molecule has 1 heterocycles. The van der Waals surface area contributed by atoms with Crippen LogP contribution in [0, 0.1) is 19.8 Å². The van der Waals surface area contributed by atoms with E-state index in [9.17, 15) is 4.79 Å². The monoisotopic (exact) mass is 516 g/mol. The molecule has 2 rings (SSSR count). The molecule has 0 saturated carbocycles. The van der Waals surface area contributed by atoms with Gasteiger partial charge in [-0.15, -0.1) is 24.0 Å². The van der Waals surface area contributed by atoms with Gasteiger partial charge in [0.25, 0.3) is 0 Å². The molecule has 1 fully saturated rings. The zero-order valence-electron chi connectivity index (χ0n) is 18.5. The molecule has 1 saturated heterocycles. The van der Waals surface area contributed by atoms with Crippen molar-refractivity contribution in [3.05, 3.63) is 29.3 Å². The fourth-order valence-corrected chi connectivity index (χ4v) is 3.41. The van der Waals surface area contributed by atoms with Crippen LogP contribution in [0.3, 0.4) is 0 Å². The molecule has 6 nitrogen and oxygen atoms in total. The van der Waals surface area contributed by atoms with Crippen LogP contribution in [0.5, 0.6) is 5.75 Å². The van der Waals surface area contributed by atoms with E-state index in [2.05, 4.69) is 54.6 Å². The van der Waals surface area contributed by atoms with Gasteiger partial charge >= 0.3 is 0 Å². The number of guanidine groups is 1. The van der Waals surface area contributed by atoms with E-state index in [1.54, 1.807) is 0 Å². The van der Waals surface area contributed by atoms with Gasteiger partial charge in [-0.1, -0.05) is 32.0 Å². The molecule has 164 valence electrons. The van der Waals surface area contributed by atoms with Crippen LogP contribution in [0.1, 0.15) is 44.7 Å². The summed E-state index contributed by atoms with van der Waals surface area (Å²) in [5, 5.41) is 6.77. The summed E-state index contributed by atoms with van der Waals surface area (Å²) < 4.78 is 5.95. The van der Waals surface area contributed by atoms with Crippen LogP contribution < -0.4 is 15.4 Å². The molecule has 0 radical (unpaired) electrons. The van der Waals surface area contributed by atoms with E-state index < -0.39 is 0 Å². The Hall–Kier alpha value is -1.51. The molecule has 0 aliphatic carbocycles. The molecule has 0 bridgehead atoms. The molecular weight excluding hydrogens is 479 g/mol. The summed E-state index contributed by atoms with van der Waals surface area (Å²) in [5.74, 6) is 2.09. The van der Waals surface area contributed by atoms with Crippen LogP contribution in [-0.2, 0) is 4.79 Å². The van der Waals surface area contributed by atoms with E-state index in [0.717, 1.165) is 44.2 Å². The lowest BCUT2D eigenvalue weighted by atomic mass is 10.1. The average Bonchev–Trinajstić information content (AvgIpc) is 3.11. The first kappa shape index (κ1) is 25.5. The van der Waals surface area contributed by atoms with Gasteiger partial charge in [0.2, 0.25) is 5.91 Å². The summed E-state index contributed by atoms with van der Waals surface area (Å²) in [4.78, 5) is 18.8. The topological polar surface area (TPSA) is 66.0 Å². The Morgan fingerprint density at radius 3 is 2.62 bits per heavy atom. The number of nitrogens with zero attached hydrogens (tertiary/aromatic N) is 2. The summed E-state index contributed by atoms with van der Waals surface area (Å²) in [6.07, 6.45) is 1.81. The minimum absolute atomic E-state index is 0. The van der Waals surface area contributed by atoms with Crippen molar-refractivity contribution in [2.24, 2.45) is 10.9 Å². The maximum atomic E-state index is 12.1. The number of amides is 1. The molecule has 29 heavy (non-hydrogen) atoms. The van der Waals surface area contributed by atoms with E-state index >= 15 is 0 Å². The first-order valence-electron chi connectivity index (χ1n) is 10.4. The van der Waals surface area contributed by atoms with Crippen LogP contribution in [0.2, 0.25) is 0 Å². The summed E-state index contributed by atoms with van der Waals surface area (Å²) in [5.41, 5.74) is 2.33. The van der Waals surface area contributed by atoms with Crippen molar-refractivity contribution in [2.45, 2.75) is 53.5 Å². The second-order valence-electron chi connectivity index (χ2n) is 7.75. The molecule has 0 aromatic heterocycles. The molecule has 2 N–H and O–H groups in total. The number of rotatable bonds is 8. The van der Waals surface area contributed by atoms with Gasteiger partial charge in [0, 0.05) is 44.6 Å². The molecule has 1 aliphatic rings. The number of nitrogens with one attached hydrogen (secondary N) is 2. The van der Waals surface area contributed by atoms with Gasteiger partial charge in [-0.2, -0.15) is 0 Å². The Kier molecular flexibility index (Phi) is 11.4. The quantitative estimate of drug-likeness (QED) is 0.240. The second kappa shape index (κ2) is 12.9. The maximum absolute atomic E-state index is 12.1. The number of aliphatic imine (C=N–C) groups is 1. The highest BCUT2D eigenvalue weighted by atomic mass is 127. The number of halogens is 1. The summed E-state index contributed by atoms with van der Waals surface area (Å²) in [7, 11) is 0. The number of hydrogen-bond donors (Lipinski definition) is 2. The molecule has 1 aromatic carbocycles. The fourth-order valence-electron chi connectivity index (χ4n) is 3.41. The van der Waals surface area contributed by atoms with Gasteiger partial charge < -0.3 is 20.3 Å². The smallest absolute Gasteiger partial charge is 0.225 e. The number of carbonyl (C=O) groups excluding carboxylic acids is 1. The van der Waals surface area contributed by atoms with Gasteiger partial charge in [-0.25, -0.2) is 0 Å². The highest BCUT2D eigenvalue weighted by molar-refractivity contribution is 14.0. The van der Waals surface area contributed by atoms with Gasteiger partial charge in [-0.05, 0) is 38.3 Å². The standard InChI is InChI=1S/C22H36N4O2.HI/c1-6-23-22(25-19-11-13-26(15-19)21(27)16(2)3)24-12-8-14-28-20-17(4)9-7-10-18(20)5;/h7,9-10,16,19H,6,8,11-15H2,1-5H3,(H2,23,24,25);1H. The van der Waals surface area contributed by atoms with E-state index in [-0.39, 0.29) is 41.8 Å². The molecule has 0 spiro atoms. The van der Waals surface area contributed by atoms with E-state index in [0.29, 0.717) is 13.2 Å². The minimum atomic E-state index is 0. The van der Waals surface area contributed by atoms with E-state index in [1.165, 1.54) is 11.1 Å². The average molecular weight is 516 g/mol. The Bertz CT molecular complexity index is 659. The van der Waals surface area contributed by atoms with Crippen molar-refractivity contribution in [1.82, 2.24) is 15.5 Å². The molecule has 7 heteroatoms. The SMILES string of the molecule is CCNC(=NCCCOc1c(C)cccc1C)NC1CCN(C(=O)C(C)C)C1.I. The predicted octanol–water partition coefficient (Wildman–Crippen LogP) is 3.50. The van der Waals surface area contributed by atoms with Crippen LogP contribution in [0.4, 0.5) is 0 Å². The number of likely N-dealkylation sites (tertiary alicyclic amines) is 1. The normalized spacial score (nSPS) is 16.6. The molecule has 1 aliphatic heterocycles. The Morgan fingerprint density at radius 2 is 2.00 bits per heavy atom. The van der Waals surface area contributed by atoms with Crippen molar-refractivity contribution in [3.8, 4) is 5.75 Å². The third-order valence-corrected chi connectivity index (χ3v) is 4.91. The van der Waals surface area contributed by atoms with Crippen LogP contribution in [0.25, 0.3) is 0 Å². The first-order valence-corrected chi connectivity index (χ1v) is 10.4. The number of benzene rings is 1. The fraction of sp³-hybridized carbons (Fsp3) is 0.636. The Labute approximate surface area is 192 Å². The van der Waals surface area contributed by atoms with Crippen molar-refractivity contribution in [3.63, 3.8) is 0 Å². The highest BCUT2D eigenvalue weighted by Gasteiger charge is 2.27. The highest BCUT2D eigenvalue weighted by Crippen LogP contribution is 2.22. The minimum Gasteiger partial charge on any atom is -0.493 e. The van der Waals surface area contributed by atoms with Gasteiger partial charge in [0.05, 0.1) is 6.61 Å². The predicted molar refractivity (Wildman–Crippen MR) is 130 cm³/mol.